The average Bonchev–Trinajstić information content (AvgIpc) is 3.60. The van der Waals surface area contributed by atoms with E-state index >= 15 is 0 Å². The number of likely N-dealkylation sites (tertiary alicyclic amines) is 1. The summed E-state index contributed by atoms with van der Waals surface area (Å²) in [5, 5.41) is 27.5. The van der Waals surface area contributed by atoms with Gasteiger partial charge in [-0.05, 0) is 39.7 Å². The lowest BCUT2D eigenvalue weighted by molar-refractivity contribution is -0.376. The Balaban J connectivity index is 1.93. The third-order valence-corrected chi connectivity index (χ3v) is 7.78. The number of thiazole rings is 1. The molecule has 3 N–H and O–H groups in total. The maximum absolute atomic E-state index is 14.2. The van der Waals surface area contributed by atoms with E-state index in [9.17, 15) is 50.1 Å². The number of halogens is 8. The zero-order valence-corrected chi connectivity index (χ0v) is 22.3. The Morgan fingerprint density at radius 2 is 1.73 bits per heavy atom. The minimum absolute atomic E-state index is 0.00139. The molecule has 1 fully saturated rings. The number of aromatic nitrogens is 4. The number of H-pyrrole nitrogens is 1. The minimum Gasteiger partial charge on any atom is -0.382 e. The molecule has 2 aromatic heterocycles. The molecule has 0 radical (unpaired) electrons. The van der Waals surface area contributed by atoms with Gasteiger partial charge in [-0.15, -0.1) is 21.5 Å². The summed E-state index contributed by atoms with van der Waals surface area (Å²) in [5.41, 5.74) is -11.0. The van der Waals surface area contributed by atoms with Gasteiger partial charge in [-0.1, -0.05) is 12.1 Å². The molecular weight excluding hydrogens is 590 g/mol. The van der Waals surface area contributed by atoms with E-state index < -0.39 is 52.6 Å². The van der Waals surface area contributed by atoms with Crippen LogP contribution in [0.5, 0.6) is 0 Å². The molecule has 4 rings (SSSR count). The molecule has 1 saturated heterocycles. The quantitative estimate of drug-likeness (QED) is 0.308. The van der Waals surface area contributed by atoms with E-state index in [1.165, 1.54) is 18.7 Å². The summed E-state index contributed by atoms with van der Waals surface area (Å²) in [7, 11) is 0. The third kappa shape index (κ3) is 5.41. The Bertz CT molecular complexity index is 1430. The van der Waals surface area contributed by atoms with Crippen molar-refractivity contribution in [1.82, 2.24) is 25.1 Å². The topological polar surface area (TPSA) is 115 Å². The largest absolute Gasteiger partial charge is 0.430 e. The highest BCUT2D eigenvalue weighted by molar-refractivity contribution is 7.18. The number of rotatable bonds is 6. The Hall–Kier alpha value is -3.18. The monoisotopic (exact) mass is 613 g/mol. The van der Waals surface area contributed by atoms with Crippen LogP contribution < -0.4 is 0 Å². The van der Waals surface area contributed by atoms with Crippen molar-refractivity contribution >= 4 is 17.2 Å². The van der Waals surface area contributed by atoms with Crippen molar-refractivity contribution in [3.8, 4) is 21.3 Å². The van der Waals surface area contributed by atoms with Crippen LogP contribution in [0, 0.1) is 0 Å². The number of carbonyl (C=O) groups is 1. The molecule has 1 aliphatic heterocycles. The van der Waals surface area contributed by atoms with Gasteiger partial charge >= 0.3 is 12.4 Å². The van der Waals surface area contributed by atoms with Gasteiger partial charge in [0.1, 0.15) is 11.3 Å². The fourth-order valence-corrected chi connectivity index (χ4v) is 5.46. The second-order valence-corrected chi connectivity index (χ2v) is 11.1. The molecule has 0 bridgehead atoms. The second-order valence-electron chi connectivity index (χ2n) is 10.1. The SMILES string of the molecule is C[C@H]1CCCN1C(=O)c1nc(-c2nnc(C(C)(C)O)[nH]2)sc1-c1ccc(C(O)(C(F)(F)F)C(F)(F)F)cc1C(F)F. The molecule has 0 saturated carbocycles. The Kier molecular flexibility index (Phi) is 7.71. The van der Waals surface area contributed by atoms with Crippen LogP contribution in [0.2, 0.25) is 0 Å². The number of carbonyl (C=O) groups excluding carboxylic acids is 1. The first kappa shape index (κ1) is 30.8. The van der Waals surface area contributed by atoms with Crippen LogP contribution in [0.3, 0.4) is 0 Å². The van der Waals surface area contributed by atoms with Crippen LogP contribution in [-0.4, -0.2) is 66.1 Å². The maximum atomic E-state index is 14.2. The predicted octanol–water partition coefficient (Wildman–Crippen LogP) is 5.70. The van der Waals surface area contributed by atoms with E-state index in [1.54, 1.807) is 6.92 Å². The van der Waals surface area contributed by atoms with E-state index in [0.717, 1.165) is 0 Å². The molecule has 224 valence electrons. The van der Waals surface area contributed by atoms with Crippen LogP contribution in [-0.2, 0) is 11.2 Å². The first-order valence-corrected chi connectivity index (χ1v) is 12.9. The van der Waals surface area contributed by atoms with Crippen LogP contribution in [0.25, 0.3) is 21.3 Å². The number of aliphatic hydroxyl groups is 2. The first-order chi connectivity index (χ1) is 18.8. The summed E-state index contributed by atoms with van der Waals surface area (Å²) in [6.07, 6.45) is -14.9. The predicted molar refractivity (Wildman–Crippen MR) is 129 cm³/mol. The van der Waals surface area contributed by atoms with Crippen LogP contribution in [0.15, 0.2) is 18.2 Å². The molecular formula is C24H23F8N5O3S. The summed E-state index contributed by atoms with van der Waals surface area (Å²) >= 11 is 0.620. The highest BCUT2D eigenvalue weighted by Gasteiger charge is 2.71. The van der Waals surface area contributed by atoms with Crippen LogP contribution in [0.4, 0.5) is 35.1 Å². The van der Waals surface area contributed by atoms with Crippen molar-refractivity contribution in [3.63, 3.8) is 0 Å². The summed E-state index contributed by atoms with van der Waals surface area (Å²) in [6.45, 7) is 4.85. The normalized spacial score (nSPS) is 17.1. The molecule has 3 aromatic rings. The molecule has 0 unspecified atom stereocenters. The average molecular weight is 614 g/mol. The number of aromatic amines is 1. The van der Waals surface area contributed by atoms with E-state index in [1.807, 2.05) is 0 Å². The van der Waals surface area contributed by atoms with E-state index in [0.29, 0.717) is 36.8 Å². The van der Waals surface area contributed by atoms with E-state index in [-0.39, 0.29) is 45.4 Å². The lowest BCUT2D eigenvalue weighted by atomic mass is 9.89. The molecule has 1 amide bonds. The second kappa shape index (κ2) is 10.3. The smallest absolute Gasteiger partial charge is 0.382 e. The van der Waals surface area contributed by atoms with Gasteiger partial charge < -0.3 is 20.1 Å². The van der Waals surface area contributed by atoms with Crippen molar-refractivity contribution in [1.29, 1.82) is 0 Å². The summed E-state index contributed by atoms with van der Waals surface area (Å²) in [4.78, 5) is 21.6. The van der Waals surface area contributed by atoms with Gasteiger partial charge in [-0.2, -0.15) is 26.3 Å². The van der Waals surface area contributed by atoms with Crippen molar-refractivity contribution in [2.24, 2.45) is 0 Å². The van der Waals surface area contributed by atoms with Gasteiger partial charge in [-0.25, -0.2) is 13.8 Å². The number of hydrogen-bond donors (Lipinski definition) is 3. The highest BCUT2D eigenvalue weighted by atomic mass is 32.1. The number of alkyl halides is 8. The first-order valence-electron chi connectivity index (χ1n) is 12.0. The zero-order valence-electron chi connectivity index (χ0n) is 21.5. The van der Waals surface area contributed by atoms with E-state index in [4.69, 9.17) is 0 Å². The lowest BCUT2D eigenvalue weighted by Gasteiger charge is -2.33. The molecule has 41 heavy (non-hydrogen) atoms. The van der Waals surface area contributed by atoms with E-state index in [2.05, 4.69) is 20.2 Å². The van der Waals surface area contributed by atoms with Crippen LogP contribution >= 0.6 is 11.3 Å². The number of amides is 1. The van der Waals surface area contributed by atoms with Crippen LogP contribution in [0.1, 0.15) is 67.5 Å². The Morgan fingerprint density at radius 3 is 2.22 bits per heavy atom. The molecule has 0 aliphatic carbocycles. The molecule has 17 heteroatoms. The molecule has 8 nitrogen and oxygen atoms in total. The fourth-order valence-electron chi connectivity index (χ4n) is 4.42. The fraction of sp³-hybridized carbons (Fsp3) is 0.500. The lowest BCUT2D eigenvalue weighted by Crippen LogP contribution is -2.54. The zero-order chi connectivity index (χ0) is 30.7. The molecule has 1 atom stereocenters. The van der Waals surface area contributed by atoms with Crippen molar-refractivity contribution < 1.29 is 50.1 Å². The number of nitrogens with zero attached hydrogens (tertiary/aromatic N) is 4. The minimum atomic E-state index is -6.29. The van der Waals surface area contributed by atoms with Crippen molar-refractivity contribution in [2.75, 3.05) is 6.54 Å². The maximum Gasteiger partial charge on any atom is 0.430 e. The number of hydrogen-bond acceptors (Lipinski definition) is 7. The Labute approximate surface area is 231 Å². The molecule has 3 heterocycles. The highest BCUT2D eigenvalue weighted by Crippen LogP contribution is 2.51. The standard InChI is InChI=1S/C24H23F8N5O3S/c1-10-5-4-8-37(10)19(38)14-15(41-18(33-14)17-34-20(36-35-17)21(2,3)39)12-7-6-11(9-13(12)16(25)26)22(40,23(27,28)29)24(30,31)32/h6-7,9-10,16,39-40H,4-5,8H2,1-3H3,(H,34,35,36)/t10-/m0/s1. The van der Waals surface area contributed by atoms with Gasteiger partial charge in [0.05, 0.1) is 4.88 Å². The molecule has 1 aromatic carbocycles. The third-order valence-electron chi connectivity index (χ3n) is 6.68. The Morgan fingerprint density at radius 1 is 1.10 bits per heavy atom. The molecule has 0 spiro atoms. The number of nitrogens with one attached hydrogen (secondary N) is 1. The number of benzene rings is 1. The molecule has 1 aliphatic rings. The summed E-state index contributed by atoms with van der Waals surface area (Å²) in [5.74, 6) is -0.761. The van der Waals surface area contributed by atoms with Gasteiger partial charge in [0.2, 0.25) is 0 Å². The van der Waals surface area contributed by atoms with Gasteiger partial charge in [0.15, 0.2) is 16.7 Å². The summed E-state index contributed by atoms with van der Waals surface area (Å²) in [6, 6.07) is 0.463. The summed E-state index contributed by atoms with van der Waals surface area (Å²) < 4.78 is 109. The van der Waals surface area contributed by atoms with Gasteiger partial charge in [-0.3, -0.25) is 4.79 Å². The van der Waals surface area contributed by atoms with Crippen molar-refractivity contribution in [3.05, 3.63) is 40.8 Å². The van der Waals surface area contributed by atoms with Crippen molar-refractivity contribution in [2.45, 2.75) is 69.6 Å². The van der Waals surface area contributed by atoms with Gasteiger partial charge in [0.25, 0.3) is 17.9 Å². The van der Waals surface area contributed by atoms with Gasteiger partial charge in [0, 0.05) is 29.3 Å².